The Morgan fingerprint density at radius 2 is 1.10 bits per heavy atom. The highest BCUT2D eigenvalue weighted by Crippen LogP contribution is 2.40. The minimum absolute atomic E-state index is 0.406. The van der Waals surface area contributed by atoms with Crippen molar-refractivity contribution in [2.45, 2.75) is 6.42 Å². The van der Waals surface area contributed by atoms with Crippen LogP contribution in [-0.4, -0.2) is 0 Å². The van der Waals surface area contributed by atoms with Crippen molar-refractivity contribution in [2.24, 2.45) is 5.92 Å². The van der Waals surface area contributed by atoms with Crippen LogP contribution in [0.5, 0.6) is 0 Å². The van der Waals surface area contributed by atoms with E-state index >= 15 is 0 Å². The van der Waals surface area contributed by atoms with Crippen LogP contribution in [0.1, 0.15) is 12.0 Å². The molecule has 52 heavy (non-hydrogen) atoms. The number of benzene rings is 6. The van der Waals surface area contributed by atoms with Crippen molar-refractivity contribution in [1.29, 1.82) is 0 Å². The van der Waals surface area contributed by atoms with Gasteiger partial charge in [0.25, 0.3) is 0 Å². The molecule has 0 spiro atoms. The van der Waals surface area contributed by atoms with Gasteiger partial charge in [-0.3, -0.25) is 0 Å². The molecule has 0 N–H and O–H groups in total. The Bertz CT molecular complexity index is 2310. The molecule has 0 radical (unpaired) electrons. The van der Waals surface area contributed by atoms with E-state index in [1.165, 1.54) is 33.5 Å². The van der Waals surface area contributed by atoms with Crippen LogP contribution in [0, 0.1) is 5.92 Å². The Hall–Kier alpha value is -6.64. The molecule has 0 heterocycles. The van der Waals surface area contributed by atoms with E-state index in [9.17, 15) is 0 Å². The lowest BCUT2D eigenvalue weighted by Crippen LogP contribution is -2.21. The summed E-state index contributed by atoms with van der Waals surface area (Å²) < 4.78 is 0. The van der Waals surface area contributed by atoms with Crippen LogP contribution in [0.4, 0.5) is 22.7 Å². The molecule has 2 aliphatic carbocycles. The fraction of sp³-hybridized carbons (Fsp3) is 0.0400. The van der Waals surface area contributed by atoms with Gasteiger partial charge in [-0.25, -0.2) is 0 Å². The van der Waals surface area contributed by atoms with Gasteiger partial charge < -0.3 is 9.80 Å². The zero-order valence-corrected chi connectivity index (χ0v) is 29.1. The maximum absolute atomic E-state index is 4.03. The average molecular weight is 669 g/mol. The molecular formula is C50H40N2. The van der Waals surface area contributed by atoms with Gasteiger partial charge in [-0.15, -0.1) is 0 Å². The van der Waals surface area contributed by atoms with E-state index in [1.807, 2.05) is 12.1 Å². The van der Waals surface area contributed by atoms with Gasteiger partial charge >= 0.3 is 0 Å². The Balaban J connectivity index is 1.10. The standard InChI is InChI=1S/C50H40N2/c1-2-16-49(41-18-6-3-7-19-41)51(44-23-8-4-9-24-44)46-33-29-38(30-34-46)42-21-14-22-43(37-42)39-31-35-47(36-32-39)52(45-25-10-5-11-26-45)50-28-15-20-40-17-12-13-27-48(40)50/h2-19,21-37,40H,1,20H2/b49-16+. The van der Waals surface area contributed by atoms with Crippen LogP contribution >= 0.6 is 0 Å². The minimum Gasteiger partial charge on any atom is -0.310 e. The summed E-state index contributed by atoms with van der Waals surface area (Å²) in [7, 11) is 0. The summed E-state index contributed by atoms with van der Waals surface area (Å²) in [6, 6.07) is 58.3. The van der Waals surface area contributed by atoms with E-state index in [0.717, 1.165) is 40.4 Å². The molecule has 6 aromatic carbocycles. The largest absolute Gasteiger partial charge is 0.310 e. The zero-order valence-electron chi connectivity index (χ0n) is 29.1. The summed E-state index contributed by atoms with van der Waals surface area (Å²) in [5.74, 6) is 0.406. The van der Waals surface area contributed by atoms with Crippen molar-refractivity contribution in [3.8, 4) is 22.3 Å². The second-order valence-corrected chi connectivity index (χ2v) is 13.0. The second kappa shape index (κ2) is 15.1. The number of hydrogen-bond donors (Lipinski definition) is 0. The molecule has 0 saturated heterocycles. The molecule has 0 fully saturated rings. The maximum atomic E-state index is 4.03. The van der Waals surface area contributed by atoms with Crippen molar-refractivity contribution in [1.82, 2.24) is 0 Å². The fourth-order valence-corrected chi connectivity index (χ4v) is 7.21. The zero-order chi connectivity index (χ0) is 35.1. The van der Waals surface area contributed by atoms with E-state index in [-0.39, 0.29) is 0 Å². The summed E-state index contributed by atoms with van der Waals surface area (Å²) in [6.45, 7) is 4.03. The monoisotopic (exact) mass is 668 g/mol. The van der Waals surface area contributed by atoms with Gasteiger partial charge in [-0.2, -0.15) is 0 Å². The molecule has 0 amide bonds. The summed E-state index contributed by atoms with van der Waals surface area (Å²) in [5, 5.41) is 0. The molecule has 1 unspecified atom stereocenters. The van der Waals surface area contributed by atoms with Gasteiger partial charge in [0.05, 0.1) is 5.70 Å². The highest BCUT2D eigenvalue weighted by atomic mass is 15.2. The van der Waals surface area contributed by atoms with E-state index in [0.29, 0.717) is 5.92 Å². The number of hydrogen-bond acceptors (Lipinski definition) is 2. The smallest absolute Gasteiger partial charge is 0.0533 e. The van der Waals surface area contributed by atoms with Crippen LogP contribution < -0.4 is 9.80 Å². The highest BCUT2D eigenvalue weighted by molar-refractivity contribution is 5.89. The number of rotatable bonds is 10. The minimum atomic E-state index is 0.406. The predicted octanol–water partition coefficient (Wildman–Crippen LogP) is 13.5. The van der Waals surface area contributed by atoms with Crippen molar-refractivity contribution in [3.63, 3.8) is 0 Å². The van der Waals surface area contributed by atoms with Gasteiger partial charge in [-0.05, 0) is 107 Å². The maximum Gasteiger partial charge on any atom is 0.0533 e. The fourth-order valence-electron chi connectivity index (χ4n) is 7.21. The van der Waals surface area contributed by atoms with Gasteiger partial charge in [0.1, 0.15) is 0 Å². The Morgan fingerprint density at radius 3 is 1.73 bits per heavy atom. The van der Waals surface area contributed by atoms with E-state index in [4.69, 9.17) is 0 Å². The molecule has 1 atom stereocenters. The Morgan fingerprint density at radius 1 is 0.538 bits per heavy atom. The molecule has 0 aliphatic heterocycles. The first kappa shape index (κ1) is 32.6. The summed E-state index contributed by atoms with van der Waals surface area (Å²) in [4.78, 5) is 4.67. The first-order chi connectivity index (χ1) is 25.8. The molecule has 0 aromatic heterocycles. The predicted molar refractivity (Wildman–Crippen MR) is 222 cm³/mol. The number of para-hydroxylation sites is 2. The van der Waals surface area contributed by atoms with Gasteiger partial charge in [-0.1, -0.05) is 152 Å². The molecule has 2 heteroatoms. The Kier molecular flexibility index (Phi) is 9.44. The van der Waals surface area contributed by atoms with Gasteiger partial charge in [0.2, 0.25) is 0 Å². The van der Waals surface area contributed by atoms with Crippen molar-refractivity contribution < 1.29 is 0 Å². The number of nitrogens with zero attached hydrogens (tertiary/aromatic N) is 2. The lowest BCUT2D eigenvalue weighted by Gasteiger charge is -2.32. The third-order valence-corrected chi connectivity index (χ3v) is 9.73. The number of anilines is 4. The number of allylic oxidation sites excluding steroid dienone is 9. The molecular weight excluding hydrogens is 629 g/mol. The molecule has 250 valence electrons. The molecule has 2 aliphatic rings. The molecule has 0 saturated carbocycles. The van der Waals surface area contributed by atoms with E-state index in [2.05, 4.69) is 217 Å². The second-order valence-electron chi connectivity index (χ2n) is 13.0. The quantitative estimate of drug-likeness (QED) is 0.134. The molecule has 6 aromatic rings. The lowest BCUT2D eigenvalue weighted by molar-refractivity contribution is 0.763. The normalized spacial score (nSPS) is 14.9. The topological polar surface area (TPSA) is 6.48 Å². The van der Waals surface area contributed by atoms with Crippen molar-refractivity contribution in [2.75, 3.05) is 9.80 Å². The third-order valence-electron chi connectivity index (χ3n) is 9.73. The summed E-state index contributed by atoms with van der Waals surface area (Å²) in [5.41, 5.74) is 13.9. The van der Waals surface area contributed by atoms with Crippen LogP contribution in [0.25, 0.3) is 28.0 Å². The summed E-state index contributed by atoms with van der Waals surface area (Å²) in [6.07, 6.45) is 18.4. The Labute approximate surface area is 307 Å². The molecule has 2 nitrogen and oxygen atoms in total. The van der Waals surface area contributed by atoms with E-state index in [1.54, 1.807) is 0 Å². The number of fused-ring (bicyclic) bond motifs is 1. The molecule has 0 bridgehead atoms. The first-order valence-electron chi connectivity index (χ1n) is 17.9. The SMILES string of the molecule is C=C/C=C(\c1ccccc1)N(c1ccccc1)c1ccc(-c2cccc(-c3ccc(N(C4=C5C=CC=CC5CC=C4)c4ccccc4)cc3)c2)cc1. The molecule has 8 rings (SSSR count). The average Bonchev–Trinajstić information content (AvgIpc) is 3.22. The van der Waals surface area contributed by atoms with Gasteiger partial charge in [0, 0.05) is 34.4 Å². The van der Waals surface area contributed by atoms with Gasteiger partial charge in [0.15, 0.2) is 0 Å². The highest BCUT2D eigenvalue weighted by Gasteiger charge is 2.23. The first-order valence-corrected chi connectivity index (χ1v) is 17.9. The van der Waals surface area contributed by atoms with Crippen molar-refractivity contribution >= 4 is 28.4 Å². The van der Waals surface area contributed by atoms with Crippen LogP contribution in [0.2, 0.25) is 0 Å². The van der Waals surface area contributed by atoms with E-state index < -0.39 is 0 Å². The third kappa shape index (κ3) is 6.75. The van der Waals surface area contributed by atoms with Crippen LogP contribution in [0.15, 0.2) is 230 Å². The lowest BCUT2D eigenvalue weighted by atomic mass is 9.86. The summed E-state index contributed by atoms with van der Waals surface area (Å²) >= 11 is 0. The van der Waals surface area contributed by atoms with Crippen LogP contribution in [0.3, 0.4) is 0 Å². The van der Waals surface area contributed by atoms with Crippen molar-refractivity contribution in [3.05, 3.63) is 236 Å². The van der Waals surface area contributed by atoms with Crippen LogP contribution in [-0.2, 0) is 0 Å².